The van der Waals surface area contributed by atoms with E-state index in [4.69, 9.17) is 0 Å². The first-order valence-electron chi connectivity index (χ1n) is 7.46. The summed E-state index contributed by atoms with van der Waals surface area (Å²) in [6.07, 6.45) is 5.08. The maximum Gasteiger partial charge on any atom is 0.220 e. The van der Waals surface area contributed by atoms with Crippen LogP contribution < -0.4 is 5.32 Å². The number of carbonyl (C=O) groups excluding carboxylic acids is 1. The van der Waals surface area contributed by atoms with Crippen LogP contribution in [-0.4, -0.2) is 17.6 Å². The number of aliphatic hydroxyl groups is 1. The van der Waals surface area contributed by atoms with E-state index in [0.717, 1.165) is 11.1 Å². The summed E-state index contributed by atoms with van der Waals surface area (Å²) in [5.41, 5.74) is 2.04. The molecule has 0 saturated heterocycles. The Balaban J connectivity index is 1.79. The van der Waals surface area contributed by atoms with Crippen LogP contribution in [0, 0.1) is 0 Å². The van der Waals surface area contributed by atoms with Gasteiger partial charge in [0.15, 0.2) is 0 Å². The summed E-state index contributed by atoms with van der Waals surface area (Å²) in [5.74, 6) is -0.0550. The molecule has 0 bridgehead atoms. The van der Waals surface area contributed by atoms with E-state index in [9.17, 15) is 9.90 Å². The maximum absolute atomic E-state index is 11.9. The number of amides is 1. The molecule has 0 radical (unpaired) electrons. The van der Waals surface area contributed by atoms with Crippen molar-refractivity contribution in [3.8, 4) is 0 Å². The van der Waals surface area contributed by atoms with Crippen molar-refractivity contribution < 1.29 is 9.90 Å². The summed E-state index contributed by atoms with van der Waals surface area (Å²) in [7, 11) is 0. The lowest BCUT2D eigenvalue weighted by Crippen LogP contribution is -2.30. The van der Waals surface area contributed by atoms with Gasteiger partial charge in [0.25, 0.3) is 0 Å². The van der Waals surface area contributed by atoms with Gasteiger partial charge in [-0.25, -0.2) is 0 Å². The average Bonchev–Trinajstić information content (AvgIpc) is 2.58. The molecular formula is C19H21NO2. The Morgan fingerprint density at radius 1 is 1.05 bits per heavy atom. The van der Waals surface area contributed by atoms with Crippen LogP contribution in [0.3, 0.4) is 0 Å². The monoisotopic (exact) mass is 295 g/mol. The van der Waals surface area contributed by atoms with E-state index in [2.05, 4.69) is 5.32 Å². The fraction of sp³-hybridized carbons (Fsp3) is 0.211. The Morgan fingerprint density at radius 3 is 2.32 bits per heavy atom. The molecule has 0 aromatic heterocycles. The lowest BCUT2D eigenvalue weighted by atomic mass is 10.1. The minimum atomic E-state index is -0.341. The molecule has 0 fully saturated rings. The molecule has 114 valence electrons. The lowest BCUT2D eigenvalue weighted by molar-refractivity contribution is -0.122. The van der Waals surface area contributed by atoms with E-state index < -0.39 is 0 Å². The number of hydrogen-bond acceptors (Lipinski definition) is 2. The van der Waals surface area contributed by atoms with Crippen molar-refractivity contribution >= 4 is 12.0 Å². The molecule has 3 nitrogen and oxygen atoms in total. The van der Waals surface area contributed by atoms with E-state index in [1.807, 2.05) is 72.8 Å². The number of carbonyl (C=O) groups is 1. The van der Waals surface area contributed by atoms with Crippen LogP contribution in [0.2, 0.25) is 0 Å². The fourth-order valence-corrected chi connectivity index (χ4v) is 2.18. The Kier molecular flexibility index (Phi) is 6.39. The summed E-state index contributed by atoms with van der Waals surface area (Å²) >= 11 is 0. The third-order valence-electron chi connectivity index (χ3n) is 3.37. The zero-order chi connectivity index (χ0) is 15.6. The van der Waals surface area contributed by atoms with Gasteiger partial charge in [0, 0.05) is 6.42 Å². The predicted molar refractivity (Wildman–Crippen MR) is 89.1 cm³/mol. The Hall–Kier alpha value is -2.39. The highest BCUT2D eigenvalue weighted by molar-refractivity contribution is 5.76. The van der Waals surface area contributed by atoms with Gasteiger partial charge in [-0.1, -0.05) is 72.8 Å². The van der Waals surface area contributed by atoms with E-state index >= 15 is 0 Å². The van der Waals surface area contributed by atoms with Crippen LogP contribution in [0.15, 0.2) is 66.7 Å². The molecule has 0 aliphatic carbocycles. The molecule has 22 heavy (non-hydrogen) atoms. The van der Waals surface area contributed by atoms with Crippen molar-refractivity contribution in [2.24, 2.45) is 0 Å². The number of aliphatic hydroxyl groups excluding tert-OH is 1. The second-order valence-corrected chi connectivity index (χ2v) is 5.07. The number of nitrogens with one attached hydrogen (secondary N) is 1. The number of rotatable bonds is 7. The van der Waals surface area contributed by atoms with Gasteiger partial charge in [0.1, 0.15) is 0 Å². The quantitative estimate of drug-likeness (QED) is 0.823. The van der Waals surface area contributed by atoms with Gasteiger partial charge in [0.2, 0.25) is 5.91 Å². The van der Waals surface area contributed by atoms with Crippen molar-refractivity contribution in [2.45, 2.75) is 18.9 Å². The SMILES string of the molecule is O=C(CC/C=C/c1ccccc1)NC(CO)c1ccccc1. The molecule has 0 aliphatic heterocycles. The molecule has 1 unspecified atom stereocenters. The third kappa shape index (κ3) is 5.19. The molecule has 2 aromatic carbocycles. The Labute approximate surface area is 131 Å². The van der Waals surface area contributed by atoms with Gasteiger partial charge < -0.3 is 10.4 Å². The minimum absolute atomic E-state index is 0.0550. The van der Waals surface area contributed by atoms with E-state index in [0.29, 0.717) is 12.8 Å². The average molecular weight is 295 g/mol. The van der Waals surface area contributed by atoms with Gasteiger partial charge in [-0.05, 0) is 17.5 Å². The van der Waals surface area contributed by atoms with Crippen LogP contribution in [0.25, 0.3) is 6.08 Å². The zero-order valence-electron chi connectivity index (χ0n) is 12.5. The molecule has 2 aromatic rings. The fourth-order valence-electron chi connectivity index (χ4n) is 2.18. The summed E-state index contributed by atoms with van der Waals surface area (Å²) in [6, 6.07) is 19.1. The highest BCUT2D eigenvalue weighted by Crippen LogP contribution is 2.12. The summed E-state index contributed by atoms with van der Waals surface area (Å²) in [5, 5.41) is 12.3. The van der Waals surface area contributed by atoms with Crippen molar-refractivity contribution in [3.63, 3.8) is 0 Å². The number of hydrogen-bond donors (Lipinski definition) is 2. The predicted octanol–water partition coefficient (Wildman–Crippen LogP) is 3.33. The van der Waals surface area contributed by atoms with Crippen molar-refractivity contribution in [1.82, 2.24) is 5.32 Å². The molecular weight excluding hydrogens is 274 g/mol. The van der Waals surface area contributed by atoms with E-state index in [1.165, 1.54) is 0 Å². The van der Waals surface area contributed by atoms with Gasteiger partial charge in [-0.15, -0.1) is 0 Å². The molecule has 1 atom stereocenters. The van der Waals surface area contributed by atoms with Crippen molar-refractivity contribution in [2.75, 3.05) is 6.61 Å². The summed E-state index contributed by atoms with van der Waals surface area (Å²) < 4.78 is 0. The second kappa shape index (κ2) is 8.80. The van der Waals surface area contributed by atoms with Crippen LogP contribution in [0.4, 0.5) is 0 Å². The highest BCUT2D eigenvalue weighted by atomic mass is 16.3. The number of benzene rings is 2. The minimum Gasteiger partial charge on any atom is -0.394 e. The molecule has 3 heteroatoms. The zero-order valence-corrected chi connectivity index (χ0v) is 12.5. The van der Waals surface area contributed by atoms with Gasteiger partial charge >= 0.3 is 0 Å². The van der Waals surface area contributed by atoms with E-state index in [-0.39, 0.29) is 18.6 Å². The van der Waals surface area contributed by atoms with E-state index in [1.54, 1.807) is 0 Å². The highest BCUT2D eigenvalue weighted by Gasteiger charge is 2.12. The van der Waals surface area contributed by atoms with Crippen LogP contribution in [0.1, 0.15) is 30.0 Å². The molecule has 0 spiro atoms. The molecule has 1 amide bonds. The molecule has 0 heterocycles. The van der Waals surface area contributed by atoms with Gasteiger partial charge in [-0.2, -0.15) is 0 Å². The normalized spacial score (nSPS) is 12.2. The van der Waals surface area contributed by atoms with Crippen molar-refractivity contribution in [3.05, 3.63) is 77.9 Å². The first-order valence-corrected chi connectivity index (χ1v) is 7.46. The second-order valence-electron chi connectivity index (χ2n) is 5.07. The Bertz CT molecular complexity index is 593. The standard InChI is InChI=1S/C19H21NO2/c21-15-18(17-12-5-2-6-13-17)20-19(22)14-8-7-11-16-9-3-1-4-10-16/h1-7,9-13,18,21H,8,14-15H2,(H,20,22)/b11-7+. The Morgan fingerprint density at radius 2 is 1.68 bits per heavy atom. The summed E-state index contributed by atoms with van der Waals surface area (Å²) in [4.78, 5) is 11.9. The first-order chi connectivity index (χ1) is 10.8. The van der Waals surface area contributed by atoms with Crippen LogP contribution in [-0.2, 0) is 4.79 Å². The van der Waals surface area contributed by atoms with Crippen molar-refractivity contribution in [1.29, 1.82) is 0 Å². The molecule has 0 aliphatic rings. The van der Waals surface area contributed by atoms with Gasteiger partial charge in [0.05, 0.1) is 12.6 Å². The molecule has 2 rings (SSSR count). The van der Waals surface area contributed by atoms with Crippen LogP contribution in [0.5, 0.6) is 0 Å². The topological polar surface area (TPSA) is 49.3 Å². The third-order valence-corrected chi connectivity index (χ3v) is 3.37. The number of allylic oxidation sites excluding steroid dienone is 1. The van der Waals surface area contributed by atoms with Crippen LogP contribution >= 0.6 is 0 Å². The molecule has 2 N–H and O–H groups in total. The maximum atomic E-state index is 11.9. The first kappa shape index (κ1) is 16.0. The largest absolute Gasteiger partial charge is 0.394 e. The molecule has 0 saturated carbocycles. The lowest BCUT2D eigenvalue weighted by Gasteiger charge is -2.16. The van der Waals surface area contributed by atoms with Gasteiger partial charge in [-0.3, -0.25) is 4.79 Å². The summed E-state index contributed by atoms with van der Waals surface area (Å²) in [6.45, 7) is -0.102. The smallest absolute Gasteiger partial charge is 0.220 e.